The van der Waals surface area contributed by atoms with Crippen molar-refractivity contribution in [3.05, 3.63) is 83.6 Å². The number of amides is 1. The average molecular weight is 378 g/mol. The predicted molar refractivity (Wildman–Crippen MR) is 105 cm³/mol. The van der Waals surface area contributed by atoms with Crippen molar-refractivity contribution in [2.24, 2.45) is 0 Å². The molecule has 2 aromatic carbocycles. The van der Waals surface area contributed by atoms with Crippen molar-refractivity contribution < 1.29 is 14.0 Å². The number of hydrogen-bond donors (Lipinski definition) is 2. The third-order valence-electron chi connectivity index (χ3n) is 4.06. The number of halogens is 1. The van der Waals surface area contributed by atoms with Gasteiger partial charge in [-0.05, 0) is 43.2 Å². The summed E-state index contributed by atoms with van der Waals surface area (Å²) in [5.74, 6) is -0.229. The summed E-state index contributed by atoms with van der Waals surface area (Å²) in [5.41, 5.74) is 2.23. The van der Waals surface area contributed by atoms with E-state index in [0.717, 1.165) is 5.56 Å². The minimum absolute atomic E-state index is 0.0780. The standard InChI is InChI=1S/C21H19FN4O2/c1-14(27)16-3-2-4-18(11-16)26-21(28)19-12-20(25-13-24-19)23-10-9-15-5-7-17(22)8-6-15/h2-8,11-13H,9-10H2,1H3,(H,26,28)(H,23,24,25). The van der Waals surface area contributed by atoms with Crippen molar-refractivity contribution in [1.82, 2.24) is 9.97 Å². The number of aromatic nitrogens is 2. The number of carbonyl (C=O) groups is 2. The van der Waals surface area contributed by atoms with Gasteiger partial charge in [0.15, 0.2) is 5.78 Å². The number of Topliss-reactive ketones (excluding diaryl/α,β-unsaturated/α-hetero) is 1. The summed E-state index contributed by atoms with van der Waals surface area (Å²) < 4.78 is 12.9. The molecule has 0 fully saturated rings. The maximum atomic E-state index is 12.9. The highest BCUT2D eigenvalue weighted by Gasteiger charge is 2.10. The van der Waals surface area contributed by atoms with E-state index in [9.17, 15) is 14.0 Å². The molecule has 1 amide bonds. The van der Waals surface area contributed by atoms with Gasteiger partial charge in [-0.15, -0.1) is 0 Å². The predicted octanol–water partition coefficient (Wildman–Crippen LogP) is 3.73. The number of anilines is 2. The lowest BCUT2D eigenvalue weighted by atomic mass is 10.1. The molecule has 6 nitrogen and oxygen atoms in total. The van der Waals surface area contributed by atoms with Crippen molar-refractivity contribution in [2.45, 2.75) is 13.3 Å². The van der Waals surface area contributed by atoms with Gasteiger partial charge in [0.05, 0.1) is 0 Å². The van der Waals surface area contributed by atoms with Crippen LogP contribution in [0.4, 0.5) is 15.9 Å². The Bertz CT molecular complexity index is 990. The van der Waals surface area contributed by atoms with Crippen molar-refractivity contribution >= 4 is 23.2 Å². The van der Waals surface area contributed by atoms with Crippen molar-refractivity contribution in [3.63, 3.8) is 0 Å². The first-order valence-corrected chi connectivity index (χ1v) is 8.74. The van der Waals surface area contributed by atoms with Crippen LogP contribution in [0.5, 0.6) is 0 Å². The Morgan fingerprint density at radius 1 is 1.04 bits per heavy atom. The molecule has 1 aromatic heterocycles. The summed E-state index contributed by atoms with van der Waals surface area (Å²) in [6.45, 7) is 2.04. The first-order valence-electron chi connectivity index (χ1n) is 8.74. The fraction of sp³-hybridized carbons (Fsp3) is 0.143. The lowest BCUT2D eigenvalue weighted by Gasteiger charge is -2.08. The molecule has 0 spiro atoms. The maximum Gasteiger partial charge on any atom is 0.274 e. The van der Waals surface area contributed by atoms with E-state index in [4.69, 9.17) is 0 Å². The molecule has 3 aromatic rings. The Morgan fingerprint density at radius 3 is 2.57 bits per heavy atom. The molecule has 3 rings (SSSR count). The Morgan fingerprint density at radius 2 is 1.82 bits per heavy atom. The topological polar surface area (TPSA) is 84.0 Å². The second kappa shape index (κ2) is 8.85. The van der Waals surface area contributed by atoms with Gasteiger partial charge in [0.1, 0.15) is 23.7 Å². The number of ketones is 1. The SMILES string of the molecule is CC(=O)c1cccc(NC(=O)c2cc(NCCc3ccc(F)cc3)ncn2)c1. The van der Waals surface area contributed by atoms with Crippen LogP contribution in [0.1, 0.15) is 33.3 Å². The number of hydrogen-bond acceptors (Lipinski definition) is 5. The zero-order valence-corrected chi connectivity index (χ0v) is 15.3. The van der Waals surface area contributed by atoms with E-state index in [2.05, 4.69) is 20.6 Å². The zero-order valence-electron chi connectivity index (χ0n) is 15.3. The molecule has 0 bridgehead atoms. The van der Waals surface area contributed by atoms with Crippen LogP contribution < -0.4 is 10.6 Å². The smallest absolute Gasteiger partial charge is 0.274 e. The molecule has 0 atom stereocenters. The highest BCUT2D eigenvalue weighted by molar-refractivity contribution is 6.04. The molecule has 0 saturated carbocycles. The Balaban J connectivity index is 1.60. The summed E-state index contributed by atoms with van der Waals surface area (Å²) >= 11 is 0. The van der Waals surface area contributed by atoms with Gasteiger partial charge in [-0.2, -0.15) is 0 Å². The first kappa shape index (κ1) is 19.2. The van der Waals surface area contributed by atoms with Gasteiger partial charge in [-0.1, -0.05) is 24.3 Å². The summed E-state index contributed by atoms with van der Waals surface area (Å²) in [6.07, 6.45) is 1.99. The monoisotopic (exact) mass is 378 g/mol. The summed E-state index contributed by atoms with van der Waals surface area (Å²) in [4.78, 5) is 32.0. The van der Waals surface area contributed by atoms with Crippen LogP contribution in [0, 0.1) is 5.82 Å². The van der Waals surface area contributed by atoms with Crippen molar-refractivity contribution in [3.8, 4) is 0 Å². The number of rotatable bonds is 7. The highest BCUT2D eigenvalue weighted by atomic mass is 19.1. The molecule has 0 aliphatic carbocycles. The molecule has 142 valence electrons. The van der Waals surface area contributed by atoms with Crippen LogP contribution >= 0.6 is 0 Å². The molecule has 0 saturated heterocycles. The van der Waals surface area contributed by atoms with Gasteiger partial charge in [0.2, 0.25) is 0 Å². The van der Waals surface area contributed by atoms with Crippen LogP contribution in [0.25, 0.3) is 0 Å². The Hall–Kier alpha value is -3.61. The van der Waals surface area contributed by atoms with Gasteiger partial charge in [-0.25, -0.2) is 14.4 Å². The average Bonchev–Trinajstić information content (AvgIpc) is 2.70. The lowest BCUT2D eigenvalue weighted by molar-refractivity contribution is 0.100. The van der Waals surface area contributed by atoms with Crippen molar-refractivity contribution in [2.75, 3.05) is 17.2 Å². The number of benzene rings is 2. The second-order valence-electron chi connectivity index (χ2n) is 6.18. The van der Waals surface area contributed by atoms with E-state index >= 15 is 0 Å². The summed E-state index contributed by atoms with van der Waals surface area (Å²) in [5, 5.41) is 5.84. The molecule has 2 N–H and O–H groups in total. The van der Waals surface area contributed by atoms with Gasteiger partial charge in [0, 0.05) is 23.9 Å². The molecule has 28 heavy (non-hydrogen) atoms. The molecule has 7 heteroatoms. The fourth-order valence-corrected chi connectivity index (χ4v) is 2.58. The number of nitrogens with zero attached hydrogens (tertiary/aromatic N) is 2. The van der Waals surface area contributed by atoms with E-state index in [-0.39, 0.29) is 17.3 Å². The number of carbonyl (C=O) groups excluding carboxylic acids is 2. The molecule has 0 aliphatic rings. The van der Waals surface area contributed by atoms with E-state index in [0.29, 0.717) is 30.0 Å². The zero-order chi connectivity index (χ0) is 19.9. The molecule has 0 unspecified atom stereocenters. The molecule has 0 radical (unpaired) electrons. The summed E-state index contributed by atoms with van der Waals surface area (Å²) in [7, 11) is 0. The first-order chi connectivity index (χ1) is 13.5. The molecule has 1 heterocycles. The van der Waals surface area contributed by atoms with Gasteiger partial charge in [-0.3, -0.25) is 9.59 Å². The van der Waals surface area contributed by atoms with Crippen LogP contribution in [0.3, 0.4) is 0 Å². The highest BCUT2D eigenvalue weighted by Crippen LogP contribution is 2.13. The maximum absolute atomic E-state index is 12.9. The third kappa shape index (κ3) is 5.20. The van der Waals surface area contributed by atoms with Gasteiger partial charge >= 0.3 is 0 Å². The van der Waals surface area contributed by atoms with E-state index < -0.39 is 5.91 Å². The van der Waals surface area contributed by atoms with Gasteiger partial charge < -0.3 is 10.6 Å². The fourth-order valence-electron chi connectivity index (χ4n) is 2.58. The quantitative estimate of drug-likeness (QED) is 0.612. The second-order valence-corrected chi connectivity index (χ2v) is 6.18. The number of nitrogens with one attached hydrogen (secondary N) is 2. The van der Waals surface area contributed by atoms with Crippen LogP contribution in [0.2, 0.25) is 0 Å². The van der Waals surface area contributed by atoms with Crippen molar-refractivity contribution in [1.29, 1.82) is 0 Å². The van der Waals surface area contributed by atoms with E-state index in [1.165, 1.54) is 25.4 Å². The minimum Gasteiger partial charge on any atom is -0.370 e. The molecular weight excluding hydrogens is 359 g/mol. The van der Waals surface area contributed by atoms with Crippen LogP contribution in [0.15, 0.2) is 60.9 Å². The normalized spacial score (nSPS) is 10.4. The molecular formula is C21H19FN4O2. The Labute approximate surface area is 161 Å². The summed E-state index contributed by atoms with van der Waals surface area (Å²) in [6, 6.07) is 14.6. The largest absolute Gasteiger partial charge is 0.370 e. The van der Waals surface area contributed by atoms with E-state index in [1.807, 2.05) is 0 Å². The Kier molecular flexibility index (Phi) is 6.06. The lowest BCUT2D eigenvalue weighted by Crippen LogP contribution is -2.15. The third-order valence-corrected chi connectivity index (χ3v) is 4.06. The molecule has 0 aliphatic heterocycles. The van der Waals surface area contributed by atoms with E-state index in [1.54, 1.807) is 42.5 Å². The van der Waals surface area contributed by atoms with Crippen LogP contribution in [-0.4, -0.2) is 28.2 Å². The van der Waals surface area contributed by atoms with Crippen LogP contribution in [-0.2, 0) is 6.42 Å². The van der Waals surface area contributed by atoms with Gasteiger partial charge in [0.25, 0.3) is 5.91 Å². The minimum atomic E-state index is -0.398.